The Hall–Kier alpha value is -1.55. The Balaban J connectivity index is 2.61. The largest absolute Gasteiger partial charge is 0.414 e. The molecule has 0 N–H and O–H groups in total. The molecule has 1 amide bonds. The van der Waals surface area contributed by atoms with E-state index in [4.69, 9.17) is 4.74 Å². The van der Waals surface area contributed by atoms with E-state index in [-0.39, 0.29) is 6.09 Å². The quantitative estimate of drug-likeness (QED) is 0.803. The van der Waals surface area contributed by atoms with Crippen LogP contribution in [0.1, 0.15) is 12.5 Å². The summed E-state index contributed by atoms with van der Waals surface area (Å²) in [4.78, 5) is 15.3. The van der Waals surface area contributed by atoms with E-state index in [0.717, 1.165) is 13.0 Å². The molecule has 0 bridgehead atoms. The molecule has 0 aliphatic carbocycles. The van der Waals surface area contributed by atoms with Crippen LogP contribution in [0, 0.1) is 0 Å². The van der Waals surface area contributed by atoms with Gasteiger partial charge in [0.05, 0.1) is 0 Å². The number of likely N-dealkylation sites (N-methyl/N-ethyl adjacent to an activating group) is 1. The van der Waals surface area contributed by atoms with E-state index >= 15 is 0 Å². The maximum absolute atomic E-state index is 11.6. The number of carbonyl (C=O) groups is 1. The standard InChI is InChI=1S/C14H22N2O2/c1-5-16(4)14(17)18-13-8-6-7-12(11-13)9-10-15(2)3/h6-8,11H,5,9-10H2,1-4H3. The van der Waals surface area contributed by atoms with Crippen LogP contribution in [-0.2, 0) is 6.42 Å². The number of hydrogen-bond donors (Lipinski definition) is 0. The first-order valence-electron chi connectivity index (χ1n) is 6.19. The number of hydrogen-bond acceptors (Lipinski definition) is 3. The van der Waals surface area contributed by atoms with Crippen LogP contribution in [0.25, 0.3) is 0 Å². The molecule has 100 valence electrons. The summed E-state index contributed by atoms with van der Waals surface area (Å²) in [7, 11) is 5.80. The lowest BCUT2D eigenvalue weighted by atomic mass is 10.1. The molecule has 0 unspecified atom stereocenters. The second kappa shape index (κ2) is 7.01. The molecule has 0 aliphatic rings. The molecule has 1 rings (SSSR count). The topological polar surface area (TPSA) is 32.8 Å². The molecule has 0 saturated heterocycles. The fourth-order valence-electron chi connectivity index (χ4n) is 1.43. The zero-order valence-electron chi connectivity index (χ0n) is 11.6. The summed E-state index contributed by atoms with van der Waals surface area (Å²) in [6.07, 6.45) is 0.629. The fraction of sp³-hybridized carbons (Fsp3) is 0.500. The van der Waals surface area contributed by atoms with Gasteiger partial charge in [0.2, 0.25) is 0 Å². The third-order valence-electron chi connectivity index (χ3n) is 2.74. The third kappa shape index (κ3) is 4.75. The molecule has 18 heavy (non-hydrogen) atoms. The summed E-state index contributed by atoms with van der Waals surface area (Å²) in [5.74, 6) is 0.608. The molecule has 0 aromatic heterocycles. The summed E-state index contributed by atoms with van der Waals surface area (Å²) in [6, 6.07) is 7.69. The molecule has 4 heteroatoms. The summed E-state index contributed by atoms with van der Waals surface area (Å²) >= 11 is 0. The van der Waals surface area contributed by atoms with E-state index in [9.17, 15) is 4.79 Å². The number of nitrogens with zero attached hydrogens (tertiary/aromatic N) is 2. The molecule has 0 heterocycles. The molecule has 0 atom stereocenters. The zero-order valence-corrected chi connectivity index (χ0v) is 11.6. The van der Waals surface area contributed by atoms with E-state index in [0.29, 0.717) is 12.3 Å². The van der Waals surface area contributed by atoms with E-state index in [1.165, 1.54) is 10.5 Å². The van der Waals surface area contributed by atoms with Crippen molar-refractivity contribution in [2.45, 2.75) is 13.3 Å². The lowest BCUT2D eigenvalue weighted by molar-refractivity contribution is 0.165. The van der Waals surface area contributed by atoms with Crippen molar-refractivity contribution in [1.29, 1.82) is 0 Å². The first-order chi connectivity index (χ1) is 8.52. The molecule has 4 nitrogen and oxygen atoms in total. The van der Waals surface area contributed by atoms with Gasteiger partial charge in [-0.3, -0.25) is 0 Å². The van der Waals surface area contributed by atoms with Gasteiger partial charge < -0.3 is 14.5 Å². The Labute approximate surface area is 109 Å². The fourth-order valence-corrected chi connectivity index (χ4v) is 1.43. The highest BCUT2D eigenvalue weighted by Gasteiger charge is 2.09. The van der Waals surface area contributed by atoms with Crippen molar-refractivity contribution in [1.82, 2.24) is 9.80 Å². The van der Waals surface area contributed by atoms with Crippen LogP contribution in [0.2, 0.25) is 0 Å². The molecule has 0 radical (unpaired) electrons. The Morgan fingerprint density at radius 1 is 1.28 bits per heavy atom. The highest BCUT2D eigenvalue weighted by atomic mass is 16.6. The Morgan fingerprint density at radius 2 is 2.00 bits per heavy atom. The van der Waals surface area contributed by atoms with Crippen LogP contribution in [0.4, 0.5) is 4.79 Å². The van der Waals surface area contributed by atoms with Crippen LogP contribution in [0.15, 0.2) is 24.3 Å². The van der Waals surface area contributed by atoms with Crippen molar-refractivity contribution >= 4 is 6.09 Å². The third-order valence-corrected chi connectivity index (χ3v) is 2.74. The molecule has 0 saturated carbocycles. The van der Waals surface area contributed by atoms with Gasteiger partial charge in [-0.1, -0.05) is 12.1 Å². The van der Waals surface area contributed by atoms with E-state index in [1.807, 2.05) is 39.2 Å². The number of ether oxygens (including phenoxy) is 1. The summed E-state index contributed by atoms with van der Waals surface area (Å²) < 4.78 is 5.29. The van der Waals surface area contributed by atoms with Crippen LogP contribution >= 0.6 is 0 Å². The minimum atomic E-state index is -0.317. The number of amides is 1. The average molecular weight is 250 g/mol. The van der Waals surface area contributed by atoms with Crippen molar-refractivity contribution < 1.29 is 9.53 Å². The Bertz CT molecular complexity index is 391. The number of rotatable bonds is 5. The highest BCUT2D eigenvalue weighted by Crippen LogP contribution is 2.14. The second-order valence-corrected chi connectivity index (χ2v) is 4.58. The molecule has 0 spiro atoms. The predicted octanol–water partition coefficient (Wildman–Crippen LogP) is 2.24. The lowest BCUT2D eigenvalue weighted by Gasteiger charge is -2.15. The van der Waals surface area contributed by atoms with E-state index in [2.05, 4.69) is 4.90 Å². The van der Waals surface area contributed by atoms with Crippen molar-refractivity contribution in [2.24, 2.45) is 0 Å². The van der Waals surface area contributed by atoms with Crippen LogP contribution < -0.4 is 4.74 Å². The molecule has 0 aliphatic heterocycles. The Kier molecular flexibility index (Phi) is 5.65. The Morgan fingerprint density at radius 3 is 2.61 bits per heavy atom. The average Bonchev–Trinajstić information content (AvgIpc) is 2.35. The van der Waals surface area contributed by atoms with Gasteiger partial charge in [0.1, 0.15) is 5.75 Å². The second-order valence-electron chi connectivity index (χ2n) is 4.58. The summed E-state index contributed by atoms with van der Waals surface area (Å²) in [6.45, 7) is 3.53. The van der Waals surface area contributed by atoms with Crippen molar-refractivity contribution in [2.75, 3.05) is 34.2 Å². The molecule has 0 fully saturated rings. The van der Waals surface area contributed by atoms with Crippen molar-refractivity contribution in [3.05, 3.63) is 29.8 Å². The minimum absolute atomic E-state index is 0.317. The van der Waals surface area contributed by atoms with Gasteiger partial charge in [0.25, 0.3) is 0 Å². The van der Waals surface area contributed by atoms with E-state index in [1.54, 1.807) is 13.1 Å². The number of carbonyl (C=O) groups excluding carboxylic acids is 1. The number of benzene rings is 1. The molecular weight excluding hydrogens is 228 g/mol. The monoisotopic (exact) mass is 250 g/mol. The summed E-state index contributed by atoms with van der Waals surface area (Å²) in [5, 5.41) is 0. The van der Waals surface area contributed by atoms with Crippen LogP contribution in [-0.4, -0.2) is 50.1 Å². The van der Waals surface area contributed by atoms with Crippen LogP contribution in [0.3, 0.4) is 0 Å². The maximum atomic E-state index is 11.6. The van der Waals surface area contributed by atoms with Crippen LogP contribution in [0.5, 0.6) is 5.75 Å². The van der Waals surface area contributed by atoms with Gasteiger partial charge in [-0.05, 0) is 45.1 Å². The predicted molar refractivity (Wildman–Crippen MR) is 73.0 cm³/mol. The zero-order chi connectivity index (χ0) is 13.5. The molecule has 1 aromatic rings. The van der Waals surface area contributed by atoms with Crippen molar-refractivity contribution in [3.63, 3.8) is 0 Å². The maximum Gasteiger partial charge on any atom is 0.414 e. The van der Waals surface area contributed by atoms with Gasteiger partial charge in [-0.15, -0.1) is 0 Å². The normalized spacial score (nSPS) is 10.5. The molecular formula is C14H22N2O2. The van der Waals surface area contributed by atoms with Gasteiger partial charge in [0.15, 0.2) is 0 Å². The lowest BCUT2D eigenvalue weighted by Crippen LogP contribution is -2.29. The van der Waals surface area contributed by atoms with E-state index < -0.39 is 0 Å². The van der Waals surface area contributed by atoms with Crippen molar-refractivity contribution in [3.8, 4) is 5.75 Å². The van der Waals surface area contributed by atoms with Gasteiger partial charge in [0, 0.05) is 20.1 Å². The molecule has 1 aromatic carbocycles. The first kappa shape index (κ1) is 14.5. The first-order valence-corrected chi connectivity index (χ1v) is 6.19. The van der Waals surface area contributed by atoms with Gasteiger partial charge in [-0.2, -0.15) is 0 Å². The van der Waals surface area contributed by atoms with Gasteiger partial charge in [-0.25, -0.2) is 4.79 Å². The highest BCUT2D eigenvalue weighted by molar-refractivity contribution is 5.70. The summed E-state index contributed by atoms with van der Waals surface area (Å²) in [5.41, 5.74) is 1.17. The smallest absolute Gasteiger partial charge is 0.410 e. The minimum Gasteiger partial charge on any atom is -0.410 e. The SMILES string of the molecule is CCN(C)C(=O)Oc1cccc(CCN(C)C)c1. The van der Waals surface area contributed by atoms with Gasteiger partial charge >= 0.3 is 6.09 Å².